The molecule has 1 aromatic rings. The molecule has 0 fully saturated rings. The Labute approximate surface area is 126 Å². The number of methoxy groups -OCH3 is 1. The highest BCUT2D eigenvalue weighted by Crippen LogP contribution is 2.13. The fourth-order valence-corrected chi connectivity index (χ4v) is 1.94. The van der Waals surface area contributed by atoms with E-state index < -0.39 is 11.8 Å². The van der Waals surface area contributed by atoms with E-state index in [-0.39, 0.29) is 6.42 Å². The number of unbranched alkanes of at least 4 members (excludes halogenated alkanes) is 2. The van der Waals surface area contributed by atoms with Gasteiger partial charge >= 0.3 is 5.97 Å². The molecule has 1 aromatic carbocycles. The molecule has 0 radical (unpaired) electrons. The van der Waals surface area contributed by atoms with Crippen LogP contribution in [0.25, 0.3) is 0 Å². The highest BCUT2D eigenvalue weighted by atomic mass is 16.5. The number of carbonyl (C=O) groups excluding carboxylic acids is 2. The van der Waals surface area contributed by atoms with Crippen molar-refractivity contribution >= 4 is 11.8 Å². The second kappa shape index (κ2) is 9.97. The van der Waals surface area contributed by atoms with Gasteiger partial charge in [0, 0.05) is 6.42 Å². The van der Waals surface area contributed by atoms with Crippen LogP contribution in [0.2, 0.25) is 0 Å². The largest absolute Gasteiger partial charge is 0.497 e. The van der Waals surface area contributed by atoms with E-state index in [2.05, 4.69) is 6.92 Å². The van der Waals surface area contributed by atoms with Crippen molar-refractivity contribution in [3.05, 3.63) is 29.8 Å². The molecule has 0 saturated carbocycles. The lowest BCUT2D eigenvalue weighted by Crippen LogP contribution is -2.18. The lowest BCUT2D eigenvalue weighted by molar-refractivity contribution is -0.154. The number of ether oxygens (including phenoxy) is 2. The average Bonchev–Trinajstić information content (AvgIpc) is 2.52. The Balaban J connectivity index is 2.21. The zero-order valence-electron chi connectivity index (χ0n) is 12.9. The van der Waals surface area contributed by atoms with E-state index >= 15 is 0 Å². The van der Waals surface area contributed by atoms with E-state index in [1.807, 2.05) is 24.3 Å². The zero-order valence-corrected chi connectivity index (χ0v) is 12.9. The molecule has 0 amide bonds. The number of Topliss-reactive ketones (excluding diaryl/α,β-unsaturated/α-hetero) is 1. The van der Waals surface area contributed by atoms with Gasteiger partial charge in [-0.15, -0.1) is 0 Å². The van der Waals surface area contributed by atoms with Crippen LogP contribution in [0.15, 0.2) is 24.3 Å². The molecule has 0 spiro atoms. The summed E-state index contributed by atoms with van der Waals surface area (Å²) < 4.78 is 10.0. The third-order valence-corrected chi connectivity index (χ3v) is 3.24. The number of benzene rings is 1. The monoisotopic (exact) mass is 292 g/mol. The van der Waals surface area contributed by atoms with Gasteiger partial charge in [-0.2, -0.15) is 0 Å². The molecule has 4 nitrogen and oxygen atoms in total. The number of esters is 1. The molecule has 21 heavy (non-hydrogen) atoms. The second-order valence-corrected chi connectivity index (χ2v) is 4.97. The Bertz CT molecular complexity index is 437. The number of rotatable bonds is 10. The predicted molar refractivity (Wildman–Crippen MR) is 81.4 cm³/mol. The van der Waals surface area contributed by atoms with E-state index in [1.54, 1.807) is 7.11 Å². The van der Waals surface area contributed by atoms with Gasteiger partial charge in [-0.1, -0.05) is 31.9 Å². The molecule has 0 bridgehead atoms. The van der Waals surface area contributed by atoms with Crippen molar-refractivity contribution < 1.29 is 19.1 Å². The normalized spacial score (nSPS) is 10.2. The van der Waals surface area contributed by atoms with Gasteiger partial charge in [0.25, 0.3) is 0 Å². The molecule has 116 valence electrons. The zero-order chi connectivity index (χ0) is 15.5. The molecular weight excluding hydrogens is 268 g/mol. The summed E-state index contributed by atoms with van der Waals surface area (Å²) in [5.41, 5.74) is 1.12. The minimum absolute atomic E-state index is 0.235. The number of ketones is 1. The maximum Gasteiger partial charge on any atom is 0.374 e. The molecule has 0 atom stereocenters. The Morgan fingerprint density at radius 3 is 2.38 bits per heavy atom. The Kier molecular flexibility index (Phi) is 8.17. The van der Waals surface area contributed by atoms with Crippen LogP contribution in [0, 0.1) is 0 Å². The van der Waals surface area contributed by atoms with Crippen LogP contribution in [0.1, 0.15) is 44.6 Å². The minimum Gasteiger partial charge on any atom is -0.497 e. The SMILES string of the molecule is CCCCCOC(=O)C(=O)CCCc1ccc(OC)cc1. The van der Waals surface area contributed by atoms with Gasteiger partial charge in [-0.25, -0.2) is 4.79 Å². The Hall–Kier alpha value is -1.84. The molecular formula is C17H24O4. The van der Waals surface area contributed by atoms with E-state index in [4.69, 9.17) is 9.47 Å². The third kappa shape index (κ3) is 6.93. The van der Waals surface area contributed by atoms with E-state index in [0.717, 1.165) is 37.0 Å². The second-order valence-electron chi connectivity index (χ2n) is 4.97. The summed E-state index contributed by atoms with van der Waals surface area (Å²) in [7, 11) is 1.62. The van der Waals surface area contributed by atoms with E-state index in [9.17, 15) is 9.59 Å². The van der Waals surface area contributed by atoms with Gasteiger partial charge < -0.3 is 9.47 Å². The van der Waals surface area contributed by atoms with Crippen LogP contribution in [-0.2, 0) is 20.7 Å². The van der Waals surface area contributed by atoms with Gasteiger partial charge in [-0.3, -0.25) is 4.79 Å². The maximum absolute atomic E-state index is 11.6. The first-order valence-corrected chi connectivity index (χ1v) is 7.50. The topological polar surface area (TPSA) is 52.6 Å². The van der Waals surface area contributed by atoms with E-state index in [1.165, 1.54) is 0 Å². The number of carbonyl (C=O) groups is 2. The number of hydrogen-bond acceptors (Lipinski definition) is 4. The number of aryl methyl sites for hydroxylation is 1. The quantitative estimate of drug-likeness (QED) is 0.377. The summed E-state index contributed by atoms with van der Waals surface area (Å²) in [5.74, 6) is -0.314. The smallest absolute Gasteiger partial charge is 0.374 e. The molecule has 1 rings (SSSR count). The van der Waals surface area contributed by atoms with Crippen molar-refractivity contribution in [3.8, 4) is 5.75 Å². The first-order valence-electron chi connectivity index (χ1n) is 7.50. The highest BCUT2D eigenvalue weighted by Gasteiger charge is 2.14. The molecule has 0 aliphatic heterocycles. The number of hydrogen-bond donors (Lipinski definition) is 0. The van der Waals surface area contributed by atoms with Crippen LogP contribution in [0.5, 0.6) is 5.75 Å². The molecule has 4 heteroatoms. The summed E-state index contributed by atoms with van der Waals surface area (Å²) in [6, 6.07) is 7.71. The van der Waals surface area contributed by atoms with Crippen LogP contribution in [0.4, 0.5) is 0 Å². The molecule has 0 unspecified atom stereocenters. The molecule has 0 N–H and O–H groups in total. The van der Waals surface area contributed by atoms with Gasteiger partial charge in [-0.05, 0) is 37.0 Å². The van der Waals surface area contributed by atoms with E-state index in [0.29, 0.717) is 13.0 Å². The Morgan fingerprint density at radius 1 is 1.05 bits per heavy atom. The first-order chi connectivity index (χ1) is 10.2. The van der Waals surface area contributed by atoms with Crippen LogP contribution >= 0.6 is 0 Å². The summed E-state index contributed by atoms with van der Waals surface area (Å²) in [4.78, 5) is 23.0. The van der Waals surface area contributed by atoms with Gasteiger partial charge in [0.15, 0.2) is 0 Å². The molecule has 0 aromatic heterocycles. The van der Waals surface area contributed by atoms with Crippen molar-refractivity contribution in [1.29, 1.82) is 0 Å². The van der Waals surface area contributed by atoms with Crippen molar-refractivity contribution in [1.82, 2.24) is 0 Å². The third-order valence-electron chi connectivity index (χ3n) is 3.24. The molecule has 0 aliphatic carbocycles. The van der Waals surface area contributed by atoms with Crippen LogP contribution in [0.3, 0.4) is 0 Å². The summed E-state index contributed by atoms with van der Waals surface area (Å²) in [5, 5.41) is 0. The minimum atomic E-state index is -0.694. The fraction of sp³-hybridized carbons (Fsp3) is 0.529. The van der Waals surface area contributed by atoms with Crippen LogP contribution < -0.4 is 4.74 Å². The standard InChI is InChI=1S/C17H24O4/c1-3-4-5-13-21-17(19)16(18)8-6-7-14-9-11-15(20-2)12-10-14/h9-12H,3-8,13H2,1-2H3. The Morgan fingerprint density at radius 2 is 1.76 bits per heavy atom. The lowest BCUT2D eigenvalue weighted by atomic mass is 10.1. The van der Waals surface area contributed by atoms with Crippen molar-refractivity contribution in [2.24, 2.45) is 0 Å². The lowest BCUT2D eigenvalue weighted by Gasteiger charge is -2.04. The maximum atomic E-state index is 11.6. The molecule has 0 saturated heterocycles. The fourth-order valence-electron chi connectivity index (χ4n) is 1.94. The molecule has 0 heterocycles. The van der Waals surface area contributed by atoms with Crippen molar-refractivity contribution in [3.63, 3.8) is 0 Å². The first kappa shape index (κ1) is 17.2. The van der Waals surface area contributed by atoms with Gasteiger partial charge in [0.05, 0.1) is 13.7 Å². The highest BCUT2D eigenvalue weighted by molar-refractivity contribution is 6.33. The summed E-state index contributed by atoms with van der Waals surface area (Å²) in [6.07, 6.45) is 4.54. The predicted octanol–water partition coefficient (Wildman–Crippen LogP) is 3.32. The van der Waals surface area contributed by atoms with Crippen molar-refractivity contribution in [2.45, 2.75) is 45.4 Å². The summed E-state index contributed by atoms with van der Waals surface area (Å²) >= 11 is 0. The van der Waals surface area contributed by atoms with Crippen LogP contribution in [-0.4, -0.2) is 25.5 Å². The summed E-state index contributed by atoms with van der Waals surface area (Å²) in [6.45, 7) is 2.42. The van der Waals surface area contributed by atoms with Gasteiger partial charge in [0.1, 0.15) is 5.75 Å². The average molecular weight is 292 g/mol. The van der Waals surface area contributed by atoms with Gasteiger partial charge in [0.2, 0.25) is 5.78 Å². The van der Waals surface area contributed by atoms with Crippen molar-refractivity contribution in [2.75, 3.05) is 13.7 Å². The molecule has 0 aliphatic rings.